The molecule has 0 N–H and O–H groups in total. The first-order valence-corrected chi connectivity index (χ1v) is 5.42. The van der Waals surface area contributed by atoms with Crippen LogP contribution in [0.15, 0.2) is 18.2 Å². The topological polar surface area (TPSA) is 23.6 Å². The Morgan fingerprint density at radius 3 is 2.40 bits per heavy atom. The van der Waals surface area contributed by atoms with Crippen LogP contribution in [0.5, 0.6) is 0 Å². The highest BCUT2D eigenvalue weighted by Crippen LogP contribution is 2.23. The lowest BCUT2D eigenvalue weighted by molar-refractivity contribution is 0.112. The lowest BCUT2D eigenvalue weighted by atomic mass is 10.1. The van der Waals surface area contributed by atoms with Crippen molar-refractivity contribution in [3.8, 4) is 0 Å². The molecule has 82 valence electrons. The van der Waals surface area contributed by atoms with Gasteiger partial charge in [-0.15, -0.1) is 0 Å². The Morgan fingerprint density at radius 1 is 1.20 bits per heavy atom. The molecule has 0 aliphatic heterocycles. The normalized spacial score (nSPS) is 10.5. The lowest BCUT2D eigenvalue weighted by Gasteiger charge is -2.21. The van der Waals surface area contributed by atoms with Crippen LogP contribution in [0.2, 0.25) is 0 Å². The van der Waals surface area contributed by atoms with Crippen molar-refractivity contribution < 1.29 is 4.79 Å². The zero-order chi connectivity index (χ0) is 11.4. The van der Waals surface area contributed by atoms with Crippen molar-refractivity contribution in [3.63, 3.8) is 0 Å². The summed E-state index contributed by atoms with van der Waals surface area (Å²) in [5.74, 6) is 0. The highest BCUT2D eigenvalue weighted by Gasteiger charge is 2.05. The molecule has 1 aromatic carbocycles. The molecule has 0 saturated heterocycles. The highest BCUT2D eigenvalue weighted by molar-refractivity contribution is 7.98. The maximum absolute atomic E-state index is 10.7. The number of rotatable bonds is 4. The summed E-state index contributed by atoms with van der Waals surface area (Å²) >= 11 is 1.59. The summed E-state index contributed by atoms with van der Waals surface area (Å²) < 4.78 is 4.03. The van der Waals surface area contributed by atoms with Crippen LogP contribution in [0.25, 0.3) is 0 Å². The number of hydrogen-bond acceptors (Lipinski definition) is 4. The second kappa shape index (κ2) is 5.19. The second-order valence-corrected chi connectivity index (χ2v) is 5.05. The minimum Gasteiger partial charge on any atom is -0.306 e. The van der Waals surface area contributed by atoms with E-state index in [4.69, 9.17) is 0 Å². The lowest BCUT2D eigenvalue weighted by Crippen LogP contribution is -2.15. The average molecular weight is 224 g/mol. The Morgan fingerprint density at radius 2 is 1.87 bits per heavy atom. The highest BCUT2D eigenvalue weighted by atomic mass is 32.2. The molecule has 0 heterocycles. The van der Waals surface area contributed by atoms with Gasteiger partial charge in [-0.3, -0.25) is 4.79 Å². The molecule has 1 rings (SSSR count). The summed E-state index contributed by atoms with van der Waals surface area (Å²) in [6.07, 6.45) is 0.880. The molecule has 1 aromatic rings. The molecular weight excluding hydrogens is 208 g/mol. The van der Waals surface area contributed by atoms with Crippen LogP contribution >= 0.6 is 12.1 Å². The van der Waals surface area contributed by atoms with Gasteiger partial charge in [0.2, 0.25) is 0 Å². The number of nitrogens with zero attached hydrogens (tertiary/aromatic N) is 2. The van der Waals surface area contributed by atoms with Crippen LogP contribution in [-0.2, 0) is 0 Å². The fraction of sp³-hybridized carbons (Fsp3) is 0.364. The third-order valence-electron chi connectivity index (χ3n) is 1.87. The predicted molar refractivity (Wildman–Crippen MR) is 66.2 cm³/mol. The van der Waals surface area contributed by atoms with Gasteiger partial charge in [-0.05, 0) is 44.8 Å². The molecule has 0 bridgehead atoms. The van der Waals surface area contributed by atoms with Gasteiger partial charge >= 0.3 is 0 Å². The van der Waals surface area contributed by atoms with E-state index in [1.165, 1.54) is 0 Å². The minimum atomic E-state index is 0.719. The van der Waals surface area contributed by atoms with Crippen molar-refractivity contribution in [3.05, 3.63) is 29.3 Å². The van der Waals surface area contributed by atoms with E-state index in [1.54, 1.807) is 12.1 Å². The minimum absolute atomic E-state index is 0.719. The van der Waals surface area contributed by atoms with E-state index in [1.807, 2.05) is 48.8 Å². The molecule has 0 amide bonds. The van der Waals surface area contributed by atoms with Crippen LogP contribution in [-0.4, -0.2) is 31.7 Å². The summed E-state index contributed by atoms with van der Waals surface area (Å²) in [6.45, 7) is 1.99. The van der Waals surface area contributed by atoms with E-state index in [0.29, 0.717) is 0 Å². The monoisotopic (exact) mass is 224 g/mol. The third-order valence-corrected chi connectivity index (χ3v) is 2.65. The number of aldehydes is 1. The van der Waals surface area contributed by atoms with Gasteiger partial charge in [-0.2, -0.15) is 0 Å². The smallest absolute Gasteiger partial charge is 0.150 e. The summed E-state index contributed by atoms with van der Waals surface area (Å²) in [4.78, 5) is 10.7. The van der Waals surface area contributed by atoms with E-state index in [9.17, 15) is 4.79 Å². The van der Waals surface area contributed by atoms with Gasteiger partial charge in [0, 0.05) is 30.4 Å². The Balaban J connectivity index is 2.92. The van der Waals surface area contributed by atoms with Gasteiger partial charge in [0.15, 0.2) is 0 Å². The fourth-order valence-corrected chi connectivity index (χ4v) is 2.02. The predicted octanol–water partition coefficient (Wildman–Crippen LogP) is 2.37. The summed E-state index contributed by atoms with van der Waals surface area (Å²) in [5, 5.41) is 0. The number of anilines is 1. The third kappa shape index (κ3) is 3.57. The fourth-order valence-electron chi connectivity index (χ4n) is 1.33. The molecule has 3 nitrogen and oxygen atoms in total. The van der Waals surface area contributed by atoms with E-state index >= 15 is 0 Å². The number of benzene rings is 1. The molecule has 0 spiro atoms. The molecule has 0 aliphatic carbocycles. The van der Waals surface area contributed by atoms with Gasteiger partial charge in [-0.1, -0.05) is 0 Å². The zero-order valence-electron chi connectivity index (χ0n) is 9.52. The van der Waals surface area contributed by atoms with Gasteiger partial charge in [-0.25, -0.2) is 4.31 Å². The summed E-state index contributed by atoms with van der Waals surface area (Å²) in [6, 6.07) is 5.82. The number of aryl methyl sites for hydroxylation is 1. The SMILES string of the molecule is Cc1cc(C=O)cc(N(C)SN(C)C)c1. The van der Waals surface area contributed by atoms with E-state index in [-0.39, 0.29) is 0 Å². The number of carbonyl (C=O) groups is 1. The van der Waals surface area contributed by atoms with Crippen LogP contribution in [0.4, 0.5) is 5.69 Å². The maximum Gasteiger partial charge on any atom is 0.150 e. The van der Waals surface area contributed by atoms with E-state index in [2.05, 4.69) is 6.07 Å². The molecule has 15 heavy (non-hydrogen) atoms. The van der Waals surface area contributed by atoms with Gasteiger partial charge in [0.05, 0.1) is 0 Å². The Kier molecular flexibility index (Phi) is 4.17. The largest absolute Gasteiger partial charge is 0.306 e. The van der Waals surface area contributed by atoms with Gasteiger partial charge in [0.25, 0.3) is 0 Å². The zero-order valence-corrected chi connectivity index (χ0v) is 10.3. The Labute approximate surface area is 95.3 Å². The second-order valence-electron chi connectivity index (χ2n) is 3.61. The molecule has 0 unspecified atom stereocenters. The van der Waals surface area contributed by atoms with Crippen molar-refractivity contribution >= 4 is 24.1 Å². The molecule has 4 heteroatoms. The molecule has 0 fully saturated rings. The number of hydrogen-bond donors (Lipinski definition) is 0. The molecular formula is C11H16N2OS. The summed E-state index contributed by atoms with van der Waals surface area (Å²) in [5.41, 5.74) is 2.85. The summed E-state index contributed by atoms with van der Waals surface area (Å²) in [7, 11) is 5.95. The van der Waals surface area contributed by atoms with Crippen LogP contribution in [0.1, 0.15) is 15.9 Å². The first-order chi connectivity index (χ1) is 7.02. The van der Waals surface area contributed by atoms with Crippen LogP contribution in [0, 0.1) is 6.92 Å². The van der Waals surface area contributed by atoms with Crippen molar-refractivity contribution in [2.24, 2.45) is 0 Å². The van der Waals surface area contributed by atoms with Crippen molar-refractivity contribution in [2.75, 3.05) is 25.4 Å². The Bertz CT molecular complexity index is 352. The first kappa shape index (κ1) is 12.1. The first-order valence-electron chi connectivity index (χ1n) is 4.69. The Hall–Kier alpha value is -1.00. The molecule has 0 aliphatic rings. The molecule has 0 saturated carbocycles. The molecule has 0 aromatic heterocycles. The average Bonchev–Trinajstić information content (AvgIpc) is 2.15. The number of carbonyl (C=O) groups excluding carboxylic acids is 1. The quantitative estimate of drug-likeness (QED) is 0.578. The molecule has 0 radical (unpaired) electrons. The van der Waals surface area contributed by atoms with Crippen LogP contribution < -0.4 is 4.31 Å². The van der Waals surface area contributed by atoms with E-state index < -0.39 is 0 Å². The maximum atomic E-state index is 10.7. The molecule has 0 atom stereocenters. The van der Waals surface area contributed by atoms with Crippen molar-refractivity contribution in [2.45, 2.75) is 6.92 Å². The van der Waals surface area contributed by atoms with Gasteiger partial charge < -0.3 is 4.31 Å². The van der Waals surface area contributed by atoms with E-state index in [0.717, 1.165) is 23.1 Å². The van der Waals surface area contributed by atoms with Gasteiger partial charge in [0.1, 0.15) is 6.29 Å². The van der Waals surface area contributed by atoms with Crippen molar-refractivity contribution in [1.29, 1.82) is 0 Å². The standard InChI is InChI=1S/C11H16N2OS/c1-9-5-10(8-14)7-11(6-9)13(4)15-12(2)3/h5-8H,1-4H3. The van der Waals surface area contributed by atoms with Crippen molar-refractivity contribution in [1.82, 2.24) is 4.31 Å². The van der Waals surface area contributed by atoms with Crippen LogP contribution in [0.3, 0.4) is 0 Å².